The minimum absolute atomic E-state index is 0.123. The fourth-order valence-electron chi connectivity index (χ4n) is 1.04. The molecule has 0 aliphatic heterocycles. The molecule has 2 N–H and O–H groups in total. The van der Waals surface area contributed by atoms with Crippen LogP contribution in [-0.2, 0) is 11.2 Å². The number of nitrogens with zero attached hydrogens (tertiary/aromatic N) is 2. The third kappa shape index (κ3) is 5.14. The summed E-state index contributed by atoms with van der Waals surface area (Å²) >= 11 is 0. The Morgan fingerprint density at radius 3 is 2.71 bits per heavy atom. The molecule has 0 aromatic carbocycles. The van der Waals surface area contributed by atoms with Crippen molar-refractivity contribution < 1.29 is 22.3 Å². The minimum Gasteiger partial charge on any atom is -0.423 e. The number of alkyl halides is 3. The maximum atomic E-state index is 11.7. The Kier molecular flexibility index (Phi) is 4.88. The fourth-order valence-corrected chi connectivity index (χ4v) is 1.04. The highest BCUT2D eigenvalue weighted by molar-refractivity contribution is 4.88. The second-order valence-corrected chi connectivity index (χ2v) is 3.47. The summed E-state index contributed by atoms with van der Waals surface area (Å²) in [7, 11) is 0. The lowest BCUT2D eigenvalue weighted by Gasteiger charge is -2.05. The Balaban J connectivity index is 2.30. The largest absolute Gasteiger partial charge is 0.423 e. The fraction of sp³-hybridized carbons (Fsp3) is 0.778. The summed E-state index contributed by atoms with van der Waals surface area (Å²) < 4.78 is 44.8. The van der Waals surface area contributed by atoms with Crippen LogP contribution in [0.4, 0.5) is 13.2 Å². The normalized spacial score (nSPS) is 13.9. The lowest BCUT2D eigenvalue weighted by molar-refractivity contribution is -0.173. The van der Waals surface area contributed by atoms with Gasteiger partial charge in [-0.05, 0) is 6.42 Å². The maximum Gasteiger partial charge on any atom is 0.411 e. The molecule has 0 aliphatic rings. The van der Waals surface area contributed by atoms with Crippen LogP contribution in [0.3, 0.4) is 0 Å². The van der Waals surface area contributed by atoms with Gasteiger partial charge in [-0.1, -0.05) is 6.92 Å². The first-order chi connectivity index (χ1) is 7.92. The predicted molar refractivity (Wildman–Crippen MR) is 52.1 cm³/mol. The first-order valence-corrected chi connectivity index (χ1v) is 5.14. The molecular formula is C9H14F3N3O2. The highest BCUT2D eigenvalue weighted by Gasteiger charge is 2.27. The molecule has 0 bridgehead atoms. The Morgan fingerprint density at radius 1 is 1.41 bits per heavy atom. The van der Waals surface area contributed by atoms with Gasteiger partial charge in [0.15, 0.2) is 0 Å². The third-order valence-corrected chi connectivity index (χ3v) is 1.97. The van der Waals surface area contributed by atoms with E-state index in [4.69, 9.17) is 10.2 Å². The molecule has 0 aliphatic carbocycles. The van der Waals surface area contributed by atoms with Gasteiger partial charge in [-0.3, -0.25) is 0 Å². The van der Waals surface area contributed by atoms with Crippen LogP contribution in [-0.4, -0.2) is 29.6 Å². The van der Waals surface area contributed by atoms with Crippen molar-refractivity contribution in [3.8, 4) is 0 Å². The molecule has 1 heterocycles. The molecule has 5 nitrogen and oxygen atoms in total. The summed E-state index contributed by atoms with van der Waals surface area (Å²) in [6.45, 7) is 0.464. The summed E-state index contributed by atoms with van der Waals surface area (Å²) in [6, 6.07) is -0.340. The van der Waals surface area contributed by atoms with Crippen molar-refractivity contribution in [2.24, 2.45) is 5.73 Å². The summed E-state index contributed by atoms with van der Waals surface area (Å²) in [5.41, 5.74) is 5.64. The zero-order valence-electron chi connectivity index (χ0n) is 9.33. The number of halogens is 3. The first-order valence-electron chi connectivity index (χ1n) is 5.14. The molecule has 0 spiro atoms. The van der Waals surface area contributed by atoms with Crippen LogP contribution in [0, 0.1) is 0 Å². The lowest BCUT2D eigenvalue weighted by atomic mass is 10.2. The van der Waals surface area contributed by atoms with Crippen LogP contribution in [0.5, 0.6) is 0 Å². The summed E-state index contributed by atoms with van der Waals surface area (Å²) in [5, 5.41) is 7.36. The zero-order valence-corrected chi connectivity index (χ0v) is 9.33. The summed E-state index contributed by atoms with van der Waals surface area (Å²) in [5.74, 6) is 0.518. The van der Waals surface area contributed by atoms with Gasteiger partial charge < -0.3 is 14.9 Å². The Hall–Kier alpha value is -1.15. The molecule has 0 saturated carbocycles. The van der Waals surface area contributed by atoms with E-state index < -0.39 is 12.8 Å². The van der Waals surface area contributed by atoms with Crippen molar-refractivity contribution in [2.75, 3.05) is 13.2 Å². The SMILES string of the molecule is CCC(N)c1nnc(CCOCC(F)(F)F)o1. The number of nitrogens with two attached hydrogens (primary N) is 1. The molecule has 1 aromatic heterocycles. The van der Waals surface area contributed by atoms with E-state index in [1.54, 1.807) is 0 Å². The third-order valence-electron chi connectivity index (χ3n) is 1.97. The highest BCUT2D eigenvalue weighted by atomic mass is 19.4. The van der Waals surface area contributed by atoms with Crippen molar-refractivity contribution >= 4 is 0 Å². The zero-order chi connectivity index (χ0) is 12.9. The number of ether oxygens (including phenoxy) is 1. The summed E-state index contributed by atoms with van der Waals surface area (Å²) in [6.07, 6.45) is -3.53. The molecule has 17 heavy (non-hydrogen) atoms. The monoisotopic (exact) mass is 253 g/mol. The van der Waals surface area contributed by atoms with E-state index in [1.807, 2.05) is 6.92 Å². The Morgan fingerprint density at radius 2 is 2.12 bits per heavy atom. The Labute approximate surface area is 96.1 Å². The van der Waals surface area contributed by atoms with Crippen LogP contribution in [0.25, 0.3) is 0 Å². The molecule has 1 rings (SSSR count). The molecule has 8 heteroatoms. The molecule has 0 saturated heterocycles. The quantitative estimate of drug-likeness (QED) is 0.779. The van der Waals surface area contributed by atoms with Crippen molar-refractivity contribution in [1.82, 2.24) is 10.2 Å². The average Bonchev–Trinajstić information content (AvgIpc) is 2.70. The number of hydrogen-bond donors (Lipinski definition) is 1. The van der Waals surface area contributed by atoms with Gasteiger partial charge in [0.05, 0.1) is 12.6 Å². The van der Waals surface area contributed by atoms with E-state index in [0.717, 1.165) is 0 Å². The lowest BCUT2D eigenvalue weighted by Crippen LogP contribution is -2.18. The second kappa shape index (κ2) is 5.97. The number of rotatable bonds is 6. The van der Waals surface area contributed by atoms with Crippen molar-refractivity contribution in [1.29, 1.82) is 0 Å². The van der Waals surface area contributed by atoms with Gasteiger partial charge in [0.2, 0.25) is 11.8 Å². The number of aromatic nitrogens is 2. The molecule has 0 amide bonds. The van der Waals surface area contributed by atoms with Gasteiger partial charge in [-0.2, -0.15) is 13.2 Å². The van der Waals surface area contributed by atoms with Gasteiger partial charge in [0.25, 0.3) is 0 Å². The van der Waals surface area contributed by atoms with E-state index in [9.17, 15) is 13.2 Å². The van der Waals surface area contributed by atoms with Gasteiger partial charge in [-0.25, -0.2) is 0 Å². The smallest absolute Gasteiger partial charge is 0.411 e. The van der Waals surface area contributed by atoms with E-state index in [2.05, 4.69) is 14.9 Å². The van der Waals surface area contributed by atoms with E-state index in [0.29, 0.717) is 12.3 Å². The van der Waals surface area contributed by atoms with Crippen molar-refractivity contribution in [3.05, 3.63) is 11.8 Å². The molecular weight excluding hydrogens is 239 g/mol. The molecule has 98 valence electrons. The van der Waals surface area contributed by atoms with Gasteiger partial charge in [-0.15, -0.1) is 10.2 Å². The first kappa shape index (κ1) is 13.9. The van der Waals surface area contributed by atoms with Crippen LogP contribution in [0.2, 0.25) is 0 Å². The standard InChI is InChI=1S/C9H14F3N3O2/c1-2-6(13)8-15-14-7(17-8)3-4-16-5-9(10,11)12/h6H,2-5,13H2,1H3. The molecule has 1 atom stereocenters. The van der Waals surface area contributed by atoms with E-state index >= 15 is 0 Å². The van der Waals surface area contributed by atoms with Crippen LogP contribution in [0.1, 0.15) is 31.2 Å². The predicted octanol–water partition coefficient (Wildman–Crippen LogP) is 1.60. The molecule has 1 unspecified atom stereocenters. The van der Waals surface area contributed by atoms with E-state index in [1.165, 1.54) is 0 Å². The van der Waals surface area contributed by atoms with Crippen molar-refractivity contribution in [3.63, 3.8) is 0 Å². The van der Waals surface area contributed by atoms with Crippen molar-refractivity contribution in [2.45, 2.75) is 32.0 Å². The van der Waals surface area contributed by atoms with Gasteiger partial charge >= 0.3 is 6.18 Å². The molecule has 0 fully saturated rings. The maximum absolute atomic E-state index is 11.7. The Bertz CT molecular complexity index is 340. The van der Waals surface area contributed by atoms with Crippen LogP contribution >= 0.6 is 0 Å². The molecule has 0 radical (unpaired) electrons. The van der Waals surface area contributed by atoms with Gasteiger partial charge in [0, 0.05) is 6.42 Å². The minimum atomic E-state index is -4.31. The topological polar surface area (TPSA) is 74.2 Å². The highest BCUT2D eigenvalue weighted by Crippen LogP contribution is 2.15. The second-order valence-electron chi connectivity index (χ2n) is 3.47. The average molecular weight is 253 g/mol. The van der Waals surface area contributed by atoms with E-state index in [-0.39, 0.29) is 25.0 Å². The van der Waals surface area contributed by atoms with Crippen LogP contribution < -0.4 is 5.73 Å². The summed E-state index contributed by atoms with van der Waals surface area (Å²) in [4.78, 5) is 0. The van der Waals surface area contributed by atoms with Crippen LogP contribution in [0.15, 0.2) is 4.42 Å². The number of hydrogen-bond acceptors (Lipinski definition) is 5. The molecule has 1 aromatic rings. The van der Waals surface area contributed by atoms with Gasteiger partial charge in [0.1, 0.15) is 6.61 Å².